The number of hydrogen-bond donors (Lipinski definition) is 1. The number of rotatable bonds is 8. The summed E-state index contributed by atoms with van der Waals surface area (Å²) in [5.74, 6) is 8.41. The summed E-state index contributed by atoms with van der Waals surface area (Å²) in [6.07, 6.45) is 2.90. The number of aryl methyl sites for hydroxylation is 1. The number of pyridine rings is 1. The van der Waals surface area contributed by atoms with E-state index in [0.717, 1.165) is 24.7 Å². The van der Waals surface area contributed by atoms with Crippen molar-refractivity contribution in [1.29, 1.82) is 0 Å². The van der Waals surface area contributed by atoms with Gasteiger partial charge in [0.2, 0.25) is 5.95 Å². The monoisotopic (exact) mass is 518 g/mol. The minimum absolute atomic E-state index is 0.000714. The van der Waals surface area contributed by atoms with Gasteiger partial charge in [-0.25, -0.2) is 18.7 Å². The van der Waals surface area contributed by atoms with Gasteiger partial charge in [0, 0.05) is 57.5 Å². The molecule has 0 bridgehead atoms. The van der Waals surface area contributed by atoms with Crippen LogP contribution in [0.15, 0.2) is 47.5 Å². The molecule has 196 valence electrons. The predicted octanol–water partition coefficient (Wildman–Crippen LogP) is 2.13. The molecule has 0 radical (unpaired) electrons. The van der Waals surface area contributed by atoms with Gasteiger partial charge in [-0.2, -0.15) is 0 Å². The number of likely N-dealkylation sites (N-methyl/N-ethyl adjacent to an activating group) is 2. The van der Waals surface area contributed by atoms with E-state index in [1.54, 1.807) is 25.4 Å². The van der Waals surface area contributed by atoms with Crippen LogP contribution in [0.4, 0.5) is 14.7 Å². The third kappa shape index (κ3) is 7.02. The third-order valence-electron chi connectivity index (χ3n) is 5.77. The first-order valence-corrected chi connectivity index (χ1v) is 11.7. The van der Waals surface area contributed by atoms with Crippen molar-refractivity contribution in [2.24, 2.45) is 12.8 Å². The molecule has 0 aliphatic heterocycles. The highest BCUT2D eigenvalue weighted by Crippen LogP contribution is 2.28. The Bertz CT molecular complexity index is 1510. The van der Waals surface area contributed by atoms with Crippen LogP contribution in [0, 0.1) is 35.3 Å². The Balaban J connectivity index is 1.93. The Morgan fingerprint density at radius 3 is 2.61 bits per heavy atom. The van der Waals surface area contributed by atoms with Crippen LogP contribution in [0.25, 0.3) is 0 Å². The maximum Gasteiger partial charge on any atom is 0.254 e. The van der Waals surface area contributed by atoms with E-state index in [-0.39, 0.29) is 34.4 Å². The van der Waals surface area contributed by atoms with Crippen LogP contribution >= 0.6 is 0 Å². The molecule has 2 N–H and O–H groups in total. The molecule has 2 heterocycles. The van der Waals surface area contributed by atoms with Crippen LogP contribution in [0.1, 0.15) is 39.5 Å². The number of primary amides is 1. The zero-order valence-electron chi connectivity index (χ0n) is 21.6. The first kappa shape index (κ1) is 28.0. The van der Waals surface area contributed by atoms with E-state index in [4.69, 9.17) is 5.73 Å². The Labute approximate surface area is 220 Å². The molecular weight excluding hydrogens is 490 g/mol. The highest BCUT2D eigenvalue weighted by atomic mass is 19.1. The second kappa shape index (κ2) is 12.6. The van der Waals surface area contributed by atoms with Crippen LogP contribution in [-0.4, -0.2) is 59.6 Å². The van der Waals surface area contributed by atoms with Crippen LogP contribution < -0.4 is 16.2 Å². The molecule has 0 spiro atoms. The second-order valence-corrected chi connectivity index (χ2v) is 8.88. The zero-order chi connectivity index (χ0) is 27.8. The van der Waals surface area contributed by atoms with Crippen molar-refractivity contribution < 1.29 is 13.6 Å². The predicted molar refractivity (Wildman–Crippen MR) is 142 cm³/mol. The Morgan fingerprint density at radius 2 is 1.89 bits per heavy atom. The number of amides is 1. The molecule has 1 unspecified atom stereocenters. The lowest BCUT2D eigenvalue weighted by Gasteiger charge is -2.19. The van der Waals surface area contributed by atoms with Gasteiger partial charge in [0.05, 0.1) is 5.56 Å². The van der Waals surface area contributed by atoms with Crippen molar-refractivity contribution in [3.05, 3.63) is 87.1 Å². The fourth-order valence-corrected chi connectivity index (χ4v) is 3.62. The highest BCUT2D eigenvalue weighted by molar-refractivity contribution is 5.94. The summed E-state index contributed by atoms with van der Waals surface area (Å²) in [6.45, 7) is 1.41. The summed E-state index contributed by atoms with van der Waals surface area (Å²) in [7, 11) is 7.29. The number of nitrogens with zero attached hydrogens (tertiary/aromatic N) is 5. The largest absolute Gasteiger partial charge is 0.365 e. The molecule has 8 nitrogen and oxygen atoms in total. The second-order valence-electron chi connectivity index (χ2n) is 8.88. The summed E-state index contributed by atoms with van der Waals surface area (Å²) in [4.78, 5) is 37.0. The zero-order valence-corrected chi connectivity index (χ0v) is 21.6. The van der Waals surface area contributed by atoms with Crippen molar-refractivity contribution >= 4 is 11.9 Å². The maximum absolute atomic E-state index is 14.6. The molecule has 0 aliphatic carbocycles. The summed E-state index contributed by atoms with van der Waals surface area (Å²) in [5.41, 5.74) is 5.58. The molecule has 0 fully saturated rings. The minimum atomic E-state index is -0.822. The number of hydrogen-bond acceptors (Lipinski definition) is 6. The Hall–Kier alpha value is -4.54. The van der Waals surface area contributed by atoms with Gasteiger partial charge < -0.3 is 20.1 Å². The lowest BCUT2D eigenvalue weighted by molar-refractivity contribution is 0.0999. The van der Waals surface area contributed by atoms with Gasteiger partial charge in [-0.1, -0.05) is 12.0 Å². The molecule has 0 aliphatic rings. The van der Waals surface area contributed by atoms with Gasteiger partial charge in [-0.15, -0.1) is 0 Å². The van der Waals surface area contributed by atoms with Crippen molar-refractivity contribution in [2.75, 3.05) is 39.1 Å². The van der Waals surface area contributed by atoms with Gasteiger partial charge in [0.25, 0.3) is 11.5 Å². The molecule has 38 heavy (non-hydrogen) atoms. The normalized spacial score (nSPS) is 11.2. The molecule has 3 aromatic rings. The highest BCUT2D eigenvalue weighted by Gasteiger charge is 2.21. The topological polar surface area (TPSA) is 97.4 Å². The van der Waals surface area contributed by atoms with Gasteiger partial charge >= 0.3 is 0 Å². The number of carbonyl (C=O) groups is 1. The molecule has 0 saturated heterocycles. The maximum atomic E-state index is 14.6. The van der Waals surface area contributed by atoms with Gasteiger partial charge in [-0.05, 0) is 61.7 Å². The van der Waals surface area contributed by atoms with Crippen molar-refractivity contribution in [2.45, 2.75) is 12.3 Å². The van der Waals surface area contributed by atoms with E-state index in [1.165, 1.54) is 10.8 Å². The van der Waals surface area contributed by atoms with E-state index < -0.39 is 23.5 Å². The molecule has 3 rings (SSSR count). The Kier molecular flexibility index (Phi) is 9.31. The van der Waals surface area contributed by atoms with E-state index in [1.807, 2.05) is 30.9 Å². The van der Waals surface area contributed by atoms with E-state index >= 15 is 0 Å². The van der Waals surface area contributed by atoms with E-state index in [2.05, 4.69) is 33.6 Å². The smallest absolute Gasteiger partial charge is 0.254 e. The molecule has 1 atom stereocenters. The Morgan fingerprint density at radius 1 is 1.13 bits per heavy atom. The molecule has 1 aromatic carbocycles. The lowest BCUT2D eigenvalue weighted by atomic mass is 9.89. The summed E-state index contributed by atoms with van der Waals surface area (Å²) >= 11 is 0. The third-order valence-corrected chi connectivity index (χ3v) is 5.77. The average molecular weight is 519 g/mol. The van der Waals surface area contributed by atoms with Crippen LogP contribution in [-0.2, 0) is 7.05 Å². The number of nitrogens with two attached hydrogens (primary N) is 1. The van der Waals surface area contributed by atoms with Crippen LogP contribution in [0.3, 0.4) is 0 Å². The van der Waals surface area contributed by atoms with Crippen molar-refractivity contribution in [3.63, 3.8) is 0 Å². The van der Waals surface area contributed by atoms with E-state index in [9.17, 15) is 18.4 Å². The number of carbonyl (C=O) groups excluding carboxylic acids is 1. The molecule has 10 heteroatoms. The minimum Gasteiger partial charge on any atom is -0.365 e. The van der Waals surface area contributed by atoms with Crippen molar-refractivity contribution in [1.82, 2.24) is 19.4 Å². The number of benzene rings is 1. The first-order chi connectivity index (χ1) is 18.1. The van der Waals surface area contributed by atoms with Gasteiger partial charge in [0.1, 0.15) is 17.3 Å². The van der Waals surface area contributed by atoms with Gasteiger partial charge in [-0.3, -0.25) is 9.59 Å². The quantitative estimate of drug-likeness (QED) is 0.459. The van der Waals surface area contributed by atoms with Crippen LogP contribution in [0.2, 0.25) is 0 Å². The van der Waals surface area contributed by atoms with E-state index in [0.29, 0.717) is 12.5 Å². The average Bonchev–Trinajstić information content (AvgIpc) is 2.88. The SMILES string of the molecule is CN(C)CCN(C)c1ncc(C(N)=O)c(C#CC#CCC(c2cc(F)ccc2F)c2cccn(C)c2=O)n1. The molecular formula is C28H28F2N6O2. The van der Waals surface area contributed by atoms with Gasteiger partial charge in [0.15, 0.2) is 0 Å². The number of aromatic nitrogens is 3. The summed E-state index contributed by atoms with van der Waals surface area (Å²) < 4.78 is 30.0. The molecule has 0 saturated carbocycles. The molecule has 2 aromatic heterocycles. The van der Waals surface area contributed by atoms with Crippen LogP contribution in [0.5, 0.6) is 0 Å². The first-order valence-electron chi connectivity index (χ1n) is 11.7. The lowest BCUT2D eigenvalue weighted by Crippen LogP contribution is -2.30. The fourth-order valence-electron chi connectivity index (χ4n) is 3.62. The summed E-state index contributed by atoms with van der Waals surface area (Å²) in [6, 6.07) is 6.32. The summed E-state index contributed by atoms with van der Waals surface area (Å²) in [5, 5.41) is 0. The fraction of sp³-hybridized carbons (Fsp3) is 0.286. The number of halogens is 2. The number of anilines is 1. The van der Waals surface area contributed by atoms with Crippen molar-refractivity contribution in [3.8, 4) is 23.7 Å². The standard InChI is InChI=1S/C28H28F2N6O2/c1-34(2)15-16-36(4)28-32-18-23(26(31)37)25(33-28)11-7-5-6-9-20(21-10-8-14-35(3)27(21)38)22-17-19(29)12-13-24(22)30/h8,10,12-14,17-18,20H,9,15-16H2,1-4H3,(H2,31,37). The molecule has 1 amide bonds.